The van der Waals surface area contributed by atoms with Crippen LogP contribution >= 0.6 is 22.7 Å². The first-order chi connectivity index (χ1) is 12.1. The molecule has 0 aliphatic rings. The summed E-state index contributed by atoms with van der Waals surface area (Å²) in [6.45, 7) is 0.340. The van der Waals surface area contributed by atoms with Gasteiger partial charge in [-0.3, -0.25) is 14.4 Å². The Balaban J connectivity index is 1.49. The second kappa shape index (κ2) is 7.91. The summed E-state index contributed by atoms with van der Waals surface area (Å²) in [7, 11) is 0. The normalized spacial score (nSPS) is 10.4. The van der Waals surface area contributed by atoms with Crippen molar-refractivity contribution in [2.24, 2.45) is 0 Å². The third kappa shape index (κ3) is 4.43. The zero-order chi connectivity index (χ0) is 17.6. The highest BCUT2D eigenvalue weighted by Gasteiger charge is 2.15. The Labute approximate surface area is 151 Å². The average molecular weight is 374 g/mol. The fourth-order valence-corrected chi connectivity index (χ4v) is 3.68. The number of nitrogens with one attached hydrogen (secondary N) is 2. The first-order valence-electron chi connectivity index (χ1n) is 7.39. The van der Waals surface area contributed by atoms with E-state index in [1.807, 2.05) is 11.4 Å². The molecule has 0 atom stereocenters. The lowest BCUT2D eigenvalue weighted by molar-refractivity contribution is -0.139. The van der Waals surface area contributed by atoms with Crippen molar-refractivity contribution in [3.63, 3.8) is 0 Å². The molecule has 0 spiro atoms. The Kier molecular flexibility index (Phi) is 5.42. The number of ketones is 1. The molecule has 0 fully saturated rings. The van der Waals surface area contributed by atoms with Gasteiger partial charge in [-0.25, -0.2) is 0 Å². The number of rotatable bonds is 6. The molecule has 0 bridgehead atoms. The number of hydrogen-bond acceptors (Lipinski definition) is 6. The maximum atomic E-state index is 12.2. The predicted molar refractivity (Wildman–Crippen MR) is 94.5 cm³/mol. The van der Waals surface area contributed by atoms with Crippen LogP contribution in [-0.4, -0.2) is 17.6 Å². The lowest BCUT2D eigenvalue weighted by Gasteiger charge is -2.04. The van der Waals surface area contributed by atoms with E-state index in [1.54, 1.807) is 30.3 Å². The number of amides is 2. The minimum absolute atomic E-state index is 0.0335. The fourth-order valence-electron chi connectivity index (χ4n) is 2.03. The molecule has 128 valence electrons. The summed E-state index contributed by atoms with van der Waals surface area (Å²) in [5.41, 5.74) is 0. The first kappa shape index (κ1) is 17.1. The first-order valence-corrected chi connectivity index (χ1v) is 9.08. The standard InChI is InChI=1S/C17H14N2O4S2/c20-15(13-4-2-8-24-13)14-6-5-12(25-14)10-19-17(22)16(21)18-9-11-3-1-7-23-11/h1-8H,9-10H2,(H,18,21)(H,19,22). The molecule has 0 saturated carbocycles. The van der Waals surface area contributed by atoms with Crippen LogP contribution in [0.25, 0.3) is 0 Å². The van der Waals surface area contributed by atoms with Gasteiger partial charge in [0.15, 0.2) is 0 Å². The molecular formula is C17H14N2O4S2. The summed E-state index contributed by atoms with van der Waals surface area (Å²) in [5, 5.41) is 6.86. The SMILES string of the molecule is O=C(NCc1ccco1)C(=O)NCc1ccc(C(=O)c2cccs2)s1. The number of carbonyl (C=O) groups excluding carboxylic acids is 3. The summed E-state index contributed by atoms with van der Waals surface area (Å²) in [6.07, 6.45) is 1.49. The monoisotopic (exact) mass is 374 g/mol. The molecule has 3 aromatic heterocycles. The van der Waals surface area contributed by atoms with Crippen LogP contribution in [0.1, 0.15) is 25.2 Å². The Morgan fingerprint density at radius 3 is 2.40 bits per heavy atom. The van der Waals surface area contributed by atoms with Gasteiger partial charge in [-0.05, 0) is 35.7 Å². The average Bonchev–Trinajstić information content (AvgIpc) is 3.39. The maximum Gasteiger partial charge on any atom is 0.309 e. The van der Waals surface area contributed by atoms with Gasteiger partial charge in [-0.1, -0.05) is 6.07 Å². The van der Waals surface area contributed by atoms with E-state index in [1.165, 1.54) is 28.9 Å². The molecule has 2 amide bonds. The molecule has 0 radical (unpaired) electrons. The lowest BCUT2D eigenvalue weighted by atomic mass is 10.3. The van der Waals surface area contributed by atoms with Crippen LogP contribution in [-0.2, 0) is 22.7 Å². The Hall–Kier alpha value is -2.71. The quantitative estimate of drug-likeness (QED) is 0.513. The van der Waals surface area contributed by atoms with E-state index in [9.17, 15) is 14.4 Å². The number of thiophene rings is 2. The third-order valence-corrected chi connectivity index (χ3v) is 5.22. The molecule has 0 unspecified atom stereocenters. The molecule has 6 nitrogen and oxygen atoms in total. The second-order valence-corrected chi connectivity index (χ2v) is 7.13. The van der Waals surface area contributed by atoms with Crippen LogP contribution in [0.3, 0.4) is 0 Å². The van der Waals surface area contributed by atoms with E-state index in [0.717, 1.165) is 4.88 Å². The van der Waals surface area contributed by atoms with Gasteiger partial charge in [0.25, 0.3) is 0 Å². The second-order valence-electron chi connectivity index (χ2n) is 5.02. The zero-order valence-corrected chi connectivity index (χ0v) is 14.6. The van der Waals surface area contributed by atoms with Crippen molar-refractivity contribution in [1.29, 1.82) is 0 Å². The molecule has 0 aliphatic carbocycles. The van der Waals surface area contributed by atoms with Gasteiger partial charge in [0.05, 0.1) is 29.1 Å². The van der Waals surface area contributed by atoms with Crippen LogP contribution in [0.4, 0.5) is 0 Å². The van der Waals surface area contributed by atoms with Crippen LogP contribution < -0.4 is 10.6 Å². The molecule has 0 aliphatic heterocycles. The smallest absolute Gasteiger partial charge is 0.309 e. The highest BCUT2D eigenvalue weighted by molar-refractivity contribution is 7.16. The molecule has 2 N–H and O–H groups in total. The van der Waals surface area contributed by atoms with Crippen molar-refractivity contribution < 1.29 is 18.8 Å². The summed E-state index contributed by atoms with van der Waals surface area (Å²) in [4.78, 5) is 37.8. The zero-order valence-electron chi connectivity index (χ0n) is 13.0. The lowest BCUT2D eigenvalue weighted by Crippen LogP contribution is -2.39. The van der Waals surface area contributed by atoms with Crippen molar-refractivity contribution in [3.05, 3.63) is 68.4 Å². The Morgan fingerprint density at radius 2 is 1.72 bits per heavy atom. The van der Waals surface area contributed by atoms with Crippen molar-refractivity contribution in [1.82, 2.24) is 10.6 Å². The van der Waals surface area contributed by atoms with E-state index >= 15 is 0 Å². The molecule has 25 heavy (non-hydrogen) atoms. The van der Waals surface area contributed by atoms with E-state index in [4.69, 9.17) is 4.42 Å². The molecule has 3 aromatic rings. The van der Waals surface area contributed by atoms with Crippen LogP contribution in [0.2, 0.25) is 0 Å². The van der Waals surface area contributed by atoms with Crippen molar-refractivity contribution in [2.75, 3.05) is 0 Å². The van der Waals surface area contributed by atoms with Gasteiger partial charge in [0.2, 0.25) is 5.78 Å². The Morgan fingerprint density at radius 1 is 0.920 bits per heavy atom. The van der Waals surface area contributed by atoms with Gasteiger partial charge in [-0.15, -0.1) is 22.7 Å². The van der Waals surface area contributed by atoms with Crippen LogP contribution in [0.5, 0.6) is 0 Å². The molecule has 0 aromatic carbocycles. The summed E-state index contributed by atoms with van der Waals surface area (Å²) < 4.78 is 5.07. The van der Waals surface area contributed by atoms with Crippen LogP contribution in [0.15, 0.2) is 52.5 Å². The van der Waals surface area contributed by atoms with E-state index in [0.29, 0.717) is 15.5 Å². The largest absolute Gasteiger partial charge is 0.467 e. The predicted octanol–water partition coefficient (Wildman–Crippen LogP) is 2.57. The van der Waals surface area contributed by atoms with E-state index in [-0.39, 0.29) is 18.9 Å². The number of hydrogen-bond donors (Lipinski definition) is 2. The molecular weight excluding hydrogens is 360 g/mol. The number of furan rings is 1. The van der Waals surface area contributed by atoms with E-state index in [2.05, 4.69) is 10.6 Å². The van der Waals surface area contributed by atoms with E-state index < -0.39 is 11.8 Å². The van der Waals surface area contributed by atoms with Crippen molar-refractivity contribution in [2.45, 2.75) is 13.1 Å². The molecule has 8 heteroatoms. The summed E-state index contributed by atoms with van der Waals surface area (Å²) >= 11 is 2.69. The fraction of sp³-hybridized carbons (Fsp3) is 0.118. The van der Waals surface area contributed by atoms with Gasteiger partial charge in [0, 0.05) is 4.88 Å². The summed E-state index contributed by atoms with van der Waals surface area (Å²) in [5.74, 6) is -0.932. The molecule has 3 heterocycles. The third-order valence-electron chi connectivity index (χ3n) is 3.26. The maximum absolute atomic E-state index is 12.2. The minimum atomic E-state index is -0.733. The van der Waals surface area contributed by atoms with Gasteiger partial charge >= 0.3 is 11.8 Å². The van der Waals surface area contributed by atoms with Crippen molar-refractivity contribution >= 4 is 40.3 Å². The molecule has 3 rings (SSSR count). The highest BCUT2D eigenvalue weighted by Crippen LogP contribution is 2.22. The number of carbonyl (C=O) groups is 3. The highest BCUT2D eigenvalue weighted by atomic mass is 32.1. The van der Waals surface area contributed by atoms with Crippen LogP contribution in [0, 0.1) is 0 Å². The van der Waals surface area contributed by atoms with Gasteiger partial charge in [-0.2, -0.15) is 0 Å². The molecule has 0 saturated heterocycles. The minimum Gasteiger partial charge on any atom is -0.467 e. The Bertz CT molecular complexity index is 867. The van der Waals surface area contributed by atoms with Gasteiger partial charge < -0.3 is 15.1 Å². The summed E-state index contributed by atoms with van der Waals surface area (Å²) in [6, 6.07) is 10.5. The topological polar surface area (TPSA) is 88.4 Å². The van der Waals surface area contributed by atoms with Crippen molar-refractivity contribution in [3.8, 4) is 0 Å². The van der Waals surface area contributed by atoms with Gasteiger partial charge in [0.1, 0.15) is 5.76 Å².